The van der Waals surface area contributed by atoms with Crippen molar-refractivity contribution >= 4 is 35.0 Å². The summed E-state index contributed by atoms with van der Waals surface area (Å²) in [5.41, 5.74) is 0.779. The molecular formula is C18H23ClN2O3. The third-order valence-electron chi connectivity index (χ3n) is 3.98. The van der Waals surface area contributed by atoms with E-state index in [9.17, 15) is 4.79 Å². The van der Waals surface area contributed by atoms with Crippen molar-refractivity contribution < 1.29 is 14.3 Å². The van der Waals surface area contributed by atoms with Crippen molar-refractivity contribution in [2.75, 3.05) is 44.8 Å². The van der Waals surface area contributed by atoms with Gasteiger partial charge in [-0.1, -0.05) is 36.4 Å². The Labute approximate surface area is 148 Å². The summed E-state index contributed by atoms with van der Waals surface area (Å²) in [5.74, 6) is 0. The Balaban J connectivity index is 0.00000208. The van der Waals surface area contributed by atoms with Gasteiger partial charge in [0.1, 0.15) is 0 Å². The number of carbonyl (C=O) groups is 1. The number of hydrogen-bond donors (Lipinski definition) is 1. The second-order valence-electron chi connectivity index (χ2n) is 5.60. The highest BCUT2D eigenvalue weighted by Crippen LogP contribution is 2.22. The molecule has 0 unspecified atom stereocenters. The van der Waals surface area contributed by atoms with Crippen LogP contribution in [0.3, 0.4) is 0 Å². The van der Waals surface area contributed by atoms with E-state index in [1.165, 1.54) is 0 Å². The Morgan fingerprint density at radius 3 is 2.71 bits per heavy atom. The van der Waals surface area contributed by atoms with E-state index < -0.39 is 6.09 Å². The highest BCUT2D eigenvalue weighted by molar-refractivity contribution is 6.00. The van der Waals surface area contributed by atoms with Crippen LogP contribution < -0.4 is 5.32 Å². The number of anilines is 1. The van der Waals surface area contributed by atoms with Crippen molar-refractivity contribution in [1.29, 1.82) is 0 Å². The summed E-state index contributed by atoms with van der Waals surface area (Å²) in [6, 6.07) is 13.8. The zero-order valence-corrected chi connectivity index (χ0v) is 14.4. The summed E-state index contributed by atoms with van der Waals surface area (Å²) < 4.78 is 10.6. The largest absolute Gasteiger partial charge is 0.449 e. The van der Waals surface area contributed by atoms with Crippen molar-refractivity contribution in [2.45, 2.75) is 6.42 Å². The number of rotatable bonds is 5. The molecule has 1 fully saturated rings. The van der Waals surface area contributed by atoms with Gasteiger partial charge >= 0.3 is 6.09 Å². The fourth-order valence-corrected chi connectivity index (χ4v) is 2.76. The molecule has 1 aliphatic rings. The highest BCUT2D eigenvalue weighted by atomic mass is 35.5. The molecule has 6 heteroatoms. The van der Waals surface area contributed by atoms with Crippen molar-refractivity contribution in [3.8, 4) is 0 Å². The van der Waals surface area contributed by atoms with E-state index in [0.717, 1.165) is 55.7 Å². The maximum Gasteiger partial charge on any atom is 0.411 e. The fraction of sp³-hybridized carbons (Fsp3) is 0.389. The Bertz CT molecular complexity index is 654. The minimum absolute atomic E-state index is 0. The molecular weight excluding hydrogens is 328 g/mol. The molecule has 1 saturated heterocycles. The van der Waals surface area contributed by atoms with E-state index in [1.807, 2.05) is 42.5 Å². The molecule has 24 heavy (non-hydrogen) atoms. The van der Waals surface area contributed by atoms with Gasteiger partial charge in [-0.2, -0.15) is 0 Å². The maximum absolute atomic E-state index is 11.9. The maximum atomic E-state index is 11.9. The van der Waals surface area contributed by atoms with Gasteiger partial charge in [0.2, 0.25) is 0 Å². The van der Waals surface area contributed by atoms with Crippen LogP contribution >= 0.6 is 12.4 Å². The quantitative estimate of drug-likeness (QED) is 0.838. The monoisotopic (exact) mass is 350 g/mol. The van der Waals surface area contributed by atoms with E-state index in [0.29, 0.717) is 6.61 Å². The van der Waals surface area contributed by atoms with Crippen LogP contribution in [-0.2, 0) is 9.47 Å². The molecule has 0 radical (unpaired) electrons. The lowest BCUT2D eigenvalue weighted by Crippen LogP contribution is -2.37. The van der Waals surface area contributed by atoms with Crippen molar-refractivity contribution in [2.24, 2.45) is 0 Å². The number of benzene rings is 2. The molecule has 0 spiro atoms. The number of ether oxygens (including phenoxy) is 2. The number of amides is 1. The number of halogens is 1. The van der Waals surface area contributed by atoms with Crippen molar-refractivity contribution in [3.05, 3.63) is 42.5 Å². The predicted molar refractivity (Wildman–Crippen MR) is 98.0 cm³/mol. The molecule has 0 atom stereocenters. The summed E-state index contributed by atoms with van der Waals surface area (Å²) in [6.45, 7) is 4.87. The molecule has 130 valence electrons. The van der Waals surface area contributed by atoms with Crippen LogP contribution in [0.4, 0.5) is 10.5 Å². The lowest BCUT2D eigenvalue weighted by Gasteiger charge is -2.26. The third-order valence-corrected chi connectivity index (χ3v) is 3.98. The smallest absolute Gasteiger partial charge is 0.411 e. The first-order valence-corrected chi connectivity index (χ1v) is 8.04. The van der Waals surface area contributed by atoms with Gasteiger partial charge in [-0.05, 0) is 17.9 Å². The van der Waals surface area contributed by atoms with E-state index in [1.54, 1.807) is 0 Å². The van der Waals surface area contributed by atoms with E-state index in [2.05, 4.69) is 10.2 Å². The second-order valence-corrected chi connectivity index (χ2v) is 5.60. The van der Waals surface area contributed by atoms with Crippen LogP contribution in [0.2, 0.25) is 0 Å². The second kappa shape index (κ2) is 9.47. The Morgan fingerprint density at radius 2 is 1.88 bits per heavy atom. The first-order chi connectivity index (χ1) is 11.3. The normalized spacial score (nSPS) is 14.8. The first kappa shape index (κ1) is 18.5. The lowest BCUT2D eigenvalue weighted by atomic mass is 10.1. The van der Waals surface area contributed by atoms with Crippen LogP contribution in [0.5, 0.6) is 0 Å². The van der Waals surface area contributed by atoms with Crippen LogP contribution in [-0.4, -0.2) is 50.4 Å². The van der Waals surface area contributed by atoms with Crippen LogP contribution in [0.1, 0.15) is 6.42 Å². The summed E-state index contributed by atoms with van der Waals surface area (Å²) in [4.78, 5) is 14.3. The molecule has 2 aromatic carbocycles. The molecule has 0 aliphatic carbocycles. The Hall–Kier alpha value is -1.82. The van der Waals surface area contributed by atoms with Crippen LogP contribution in [0, 0.1) is 0 Å². The van der Waals surface area contributed by atoms with E-state index in [4.69, 9.17) is 9.47 Å². The van der Waals surface area contributed by atoms with Crippen molar-refractivity contribution in [3.63, 3.8) is 0 Å². The standard InChI is InChI=1S/C18H22N2O3.ClH/c21-18(23-12-4-9-20-10-13-22-14-11-20)19-17-8-3-6-15-5-1-2-7-16(15)17;/h1-3,5-8H,4,9-14H2,(H,19,21);1H. The van der Waals surface area contributed by atoms with Gasteiger partial charge in [0.05, 0.1) is 25.5 Å². The van der Waals surface area contributed by atoms with Gasteiger partial charge in [0.25, 0.3) is 0 Å². The average molecular weight is 351 g/mol. The molecule has 0 aromatic heterocycles. The number of nitrogens with zero attached hydrogens (tertiary/aromatic N) is 1. The van der Waals surface area contributed by atoms with Gasteiger partial charge in [-0.3, -0.25) is 10.2 Å². The fourth-order valence-electron chi connectivity index (χ4n) is 2.76. The molecule has 1 N–H and O–H groups in total. The lowest BCUT2D eigenvalue weighted by molar-refractivity contribution is 0.0348. The number of fused-ring (bicyclic) bond motifs is 1. The molecule has 2 aromatic rings. The summed E-state index contributed by atoms with van der Waals surface area (Å²) in [7, 11) is 0. The van der Waals surface area contributed by atoms with Gasteiger partial charge in [-0.15, -0.1) is 12.4 Å². The summed E-state index contributed by atoms with van der Waals surface area (Å²) >= 11 is 0. The number of carbonyl (C=O) groups excluding carboxylic acids is 1. The average Bonchev–Trinajstić information content (AvgIpc) is 2.60. The minimum Gasteiger partial charge on any atom is -0.449 e. The van der Waals surface area contributed by atoms with Gasteiger partial charge in [0.15, 0.2) is 0 Å². The molecule has 1 amide bonds. The van der Waals surface area contributed by atoms with Gasteiger partial charge < -0.3 is 9.47 Å². The van der Waals surface area contributed by atoms with E-state index >= 15 is 0 Å². The summed E-state index contributed by atoms with van der Waals surface area (Å²) in [5, 5.41) is 4.94. The Morgan fingerprint density at radius 1 is 1.12 bits per heavy atom. The van der Waals surface area contributed by atoms with Crippen LogP contribution in [0.15, 0.2) is 42.5 Å². The van der Waals surface area contributed by atoms with Gasteiger partial charge in [-0.25, -0.2) is 4.79 Å². The van der Waals surface area contributed by atoms with Crippen LogP contribution in [0.25, 0.3) is 10.8 Å². The molecule has 3 rings (SSSR count). The predicted octanol–water partition coefficient (Wildman–Crippen LogP) is 3.53. The minimum atomic E-state index is -0.400. The zero-order valence-electron chi connectivity index (χ0n) is 13.6. The number of nitrogens with one attached hydrogen (secondary N) is 1. The molecule has 0 saturated carbocycles. The first-order valence-electron chi connectivity index (χ1n) is 8.04. The van der Waals surface area contributed by atoms with Gasteiger partial charge in [0, 0.05) is 25.0 Å². The zero-order chi connectivity index (χ0) is 15.9. The Kier molecular flexibility index (Phi) is 7.31. The third kappa shape index (κ3) is 5.09. The molecule has 5 nitrogen and oxygen atoms in total. The van der Waals surface area contributed by atoms with E-state index in [-0.39, 0.29) is 12.4 Å². The molecule has 1 aliphatic heterocycles. The number of morpholine rings is 1. The number of hydrogen-bond acceptors (Lipinski definition) is 4. The SMILES string of the molecule is Cl.O=C(Nc1cccc2ccccc12)OCCCN1CCOCC1. The highest BCUT2D eigenvalue weighted by Gasteiger charge is 2.10. The summed E-state index contributed by atoms with van der Waals surface area (Å²) in [6.07, 6.45) is 0.437. The molecule has 1 heterocycles. The molecule has 0 bridgehead atoms. The van der Waals surface area contributed by atoms with Crippen molar-refractivity contribution in [1.82, 2.24) is 4.90 Å². The topological polar surface area (TPSA) is 50.8 Å².